The van der Waals surface area contributed by atoms with Crippen LogP contribution in [0.3, 0.4) is 0 Å². The lowest BCUT2D eigenvalue weighted by Crippen LogP contribution is -2.31. The topological polar surface area (TPSA) is 69.3 Å². The van der Waals surface area contributed by atoms with Gasteiger partial charge in [-0.2, -0.15) is 5.10 Å². The minimum Gasteiger partial charge on any atom is -0.489 e. The molecule has 2 atom stereocenters. The zero-order chi connectivity index (χ0) is 18.7. The van der Waals surface area contributed by atoms with Gasteiger partial charge in [0.15, 0.2) is 5.82 Å². The van der Waals surface area contributed by atoms with Gasteiger partial charge in [-0.05, 0) is 30.7 Å². The lowest BCUT2D eigenvalue weighted by molar-refractivity contribution is -0.175. The van der Waals surface area contributed by atoms with Crippen LogP contribution in [0.4, 0.5) is 0 Å². The number of hydrogen-bond donors (Lipinski definition) is 1. The quantitative estimate of drug-likeness (QED) is 0.697. The van der Waals surface area contributed by atoms with Crippen LogP contribution in [0.25, 0.3) is 0 Å². The van der Waals surface area contributed by atoms with Gasteiger partial charge in [0.25, 0.3) is 0 Å². The summed E-state index contributed by atoms with van der Waals surface area (Å²) in [4.78, 5) is 4.19. The second-order valence-electron chi connectivity index (χ2n) is 6.50. The summed E-state index contributed by atoms with van der Waals surface area (Å²) < 4.78 is 18.0. The molecule has 2 unspecified atom stereocenters. The van der Waals surface area contributed by atoms with Gasteiger partial charge in [-0.3, -0.25) is 5.10 Å². The lowest BCUT2D eigenvalue weighted by Gasteiger charge is -2.28. The lowest BCUT2D eigenvalue weighted by atomic mass is 10.0. The van der Waals surface area contributed by atoms with Crippen LogP contribution in [0.2, 0.25) is 5.02 Å². The molecule has 0 saturated carbocycles. The Labute approximate surface area is 162 Å². The van der Waals surface area contributed by atoms with Gasteiger partial charge in [0.05, 0.1) is 24.2 Å². The van der Waals surface area contributed by atoms with Gasteiger partial charge in [-0.15, -0.1) is 0 Å². The van der Waals surface area contributed by atoms with Crippen molar-refractivity contribution in [3.63, 3.8) is 0 Å². The molecule has 0 bridgehead atoms. The number of nitrogens with one attached hydrogen (secondary N) is 1. The first-order valence-corrected chi connectivity index (χ1v) is 9.16. The van der Waals surface area contributed by atoms with E-state index >= 15 is 0 Å². The maximum absolute atomic E-state index is 6.58. The molecular formula is C20H20ClN3O3. The Kier molecular flexibility index (Phi) is 5.11. The van der Waals surface area contributed by atoms with Crippen molar-refractivity contribution in [2.75, 3.05) is 6.61 Å². The van der Waals surface area contributed by atoms with Crippen LogP contribution < -0.4 is 4.74 Å². The Bertz CT molecular complexity index is 889. The normalized spacial score (nSPS) is 22.1. The van der Waals surface area contributed by atoms with E-state index in [-0.39, 0.29) is 6.10 Å². The molecule has 2 aromatic carbocycles. The standard InChI is InChI=1S/C20H20ClN3O3/c1-14-11-26-20(27-14,10-19-22-13-23-24-19)17-8-7-16(9-18(17)21)25-12-15-5-3-2-4-6-15/h2-9,13-14H,10-12H2,1H3,(H,22,23,24). The molecule has 140 valence electrons. The molecule has 27 heavy (non-hydrogen) atoms. The highest BCUT2D eigenvalue weighted by Crippen LogP contribution is 2.41. The van der Waals surface area contributed by atoms with Crippen molar-refractivity contribution in [3.05, 3.63) is 76.8 Å². The molecule has 4 rings (SSSR count). The first-order chi connectivity index (χ1) is 13.1. The van der Waals surface area contributed by atoms with Crippen molar-refractivity contribution in [1.29, 1.82) is 0 Å². The van der Waals surface area contributed by atoms with Crippen LogP contribution in [-0.2, 0) is 28.3 Å². The van der Waals surface area contributed by atoms with E-state index in [1.165, 1.54) is 6.33 Å². The SMILES string of the molecule is CC1COC(Cc2nc[nH]n2)(c2ccc(OCc3ccccc3)cc2Cl)O1. The molecule has 3 aromatic rings. The molecule has 0 amide bonds. The Morgan fingerprint density at radius 3 is 2.78 bits per heavy atom. The minimum absolute atomic E-state index is 0.0472. The van der Waals surface area contributed by atoms with E-state index in [2.05, 4.69) is 15.2 Å². The molecule has 1 aliphatic heterocycles. The fraction of sp³-hybridized carbons (Fsp3) is 0.300. The van der Waals surface area contributed by atoms with Crippen LogP contribution in [-0.4, -0.2) is 27.9 Å². The number of hydrogen-bond acceptors (Lipinski definition) is 5. The molecule has 7 heteroatoms. The van der Waals surface area contributed by atoms with E-state index in [1.807, 2.05) is 49.4 Å². The molecule has 2 heterocycles. The molecule has 1 fully saturated rings. The molecule has 1 N–H and O–H groups in total. The first kappa shape index (κ1) is 18.0. The summed E-state index contributed by atoms with van der Waals surface area (Å²) in [6.07, 6.45) is 1.85. The summed E-state index contributed by atoms with van der Waals surface area (Å²) >= 11 is 6.58. The van der Waals surface area contributed by atoms with E-state index in [9.17, 15) is 0 Å². The average Bonchev–Trinajstić information content (AvgIpc) is 3.31. The van der Waals surface area contributed by atoms with Crippen molar-refractivity contribution in [2.24, 2.45) is 0 Å². The number of H-pyrrole nitrogens is 1. The number of nitrogens with zero attached hydrogens (tertiary/aromatic N) is 2. The molecule has 6 nitrogen and oxygen atoms in total. The van der Waals surface area contributed by atoms with Crippen LogP contribution >= 0.6 is 11.6 Å². The van der Waals surface area contributed by atoms with Crippen LogP contribution in [0.5, 0.6) is 5.75 Å². The number of halogens is 1. The maximum Gasteiger partial charge on any atom is 0.204 e. The van der Waals surface area contributed by atoms with Gasteiger partial charge >= 0.3 is 0 Å². The van der Waals surface area contributed by atoms with Crippen LogP contribution in [0.1, 0.15) is 23.9 Å². The molecule has 0 aliphatic carbocycles. The summed E-state index contributed by atoms with van der Waals surface area (Å²) in [6.45, 7) is 2.92. The summed E-state index contributed by atoms with van der Waals surface area (Å²) in [5, 5.41) is 7.35. The van der Waals surface area contributed by atoms with Gasteiger partial charge in [-0.25, -0.2) is 4.98 Å². The van der Waals surface area contributed by atoms with E-state index in [0.717, 1.165) is 11.1 Å². The minimum atomic E-state index is -1.00. The van der Waals surface area contributed by atoms with E-state index < -0.39 is 5.79 Å². The highest BCUT2D eigenvalue weighted by molar-refractivity contribution is 6.31. The van der Waals surface area contributed by atoms with Gasteiger partial charge in [0.1, 0.15) is 18.7 Å². The predicted octanol–water partition coefficient (Wildman–Crippen LogP) is 3.87. The number of aromatic nitrogens is 3. The van der Waals surface area contributed by atoms with Crippen LogP contribution in [0, 0.1) is 0 Å². The van der Waals surface area contributed by atoms with Crippen molar-refractivity contribution < 1.29 is 14.2 Å². The summed E-state index contributed by atoms with van der Waals surface area (Å²) in [7, 11) is 0. The van der Waals surface area contributed by atoms with E-state index in [1.54, 1.807) is 6.07 Å². The monoisotopic (exact) mass is 385 g/mol. The summed E-state index contributed by atoms with van der Waals surface area (Å²) in [5.74, 6) is 0.285. The highest BCUT2D eigenvalue weighted by atomic mass is 35.5. The molecular weight excluding hydrogens is 366 g/mol. The smallest absolute Gasteiger partial charge is 0.204 e. The number of ether oxygens (including phenoxy) is 3. The molecule has 1 aromatic heterocycles. The molecule has 0 spiro atoms. The zero-order valence-corrected chi connectivity index (χ0v) is 15.6. The van der Waals surface area contributed by atoms with Gasteiger partial charge < -0.3 is 14.2 Å². The third-order valence-electron chi connectivity index (χ3n) is 4.40. The summed E-state index contributed by atoms with van der Waals surface area (Å²) in [5.41, 5.74) is 1.83. The average molecular weight is 386 g/mol. The maximum atomic E-state index is 6.58. The van der Waals surface area contributed by atoms with Gasteiger partial charge in [-0.1, -0.05) is 41.9 Å². The van der Waals surface area contributed by atoms with Gasteiger partial charge in [0.2, 0.25) is 5.79 Å². The zero-order valence-electron chi connectivity index (χ0n) is 14.9. The number of aromatic amines is 1. The van der Waals surface area contributed by atoms with E-state index in [4.69, 9.17) is 25.8 Å². The Hall–Kier alpha value is -2.41. The molecule has 1 aliphatic rings. The second-order valence-corrected chi connectivity index (χ2v) is 6.91. The fourth-order valence-corrected chi connectivity index (χ4v) is 3.45. The van der Waals surface area contributed by atoms with Crippen molar-refractivity contribution in [3.8, 4) is 5.75 Å². The molecule has 0 radical (unpaired) electrons. The predicted molar refractivity (Wildman–Crippen MR) is 100 cm³/mol. The van der Waals surface area contributed by atoms with Crippen molar-refractivity contribution in [2.45, 2.75) is 31.8 Å². The Morgan fingerprint density at radius 1 is 1.26 bits per heavy atom. The third-order valence-corrected chi connectivity index (χ3v) is 4.71. The summed E-state index contributed by atoms with van der Waals surface area (Å²) in [6, 6.07) is 15.5. The van der Waals surface area contributed by atoms with E-state index in [0.29, 0.717) is 36.2 Å². The Balaban J connectivity index is 1.56. The third kappa shape index (κ3) is 3.98. The largest absolute Gasteiger partial charge is 0.489 e. The van der Waals surface area contributed by atoms with Crippen molar-refractivity contribution >= 4 is 11.6 Å². The Morgan fingerprint density at radius 2 is 2.11 bits per heavy atom. The second kappa shape index (κ2) is 7.68. The highest BCUT2D eigenvalue weighted by Gasteiger charge is 2.44. The fourth-order valence-electron chi connectivity index (χ4n) is 3.14. The van der Waals surface area contributed by atoms with Gasteiger partial charge in [0, 0.05) is 5.56 Å². The number of benzene rings is 2. The first-order valence-electron chi connectivity index (χ1n) is 8.78. The molecule has 1 saturated heterocycles. The number of rotatable bonds is 6. The van der Waals surface area contributed by atoms with Crippen LogP contribution in [0.15, 0.2) is 54.9 Å². The van der Waals surface area contributed by atoms with Crippen molar-refractivity contribution in [1.82, 2.24) is 15.2 Å².